The molecule has 24 heavy (non-hydrogen) atoms. The molecule has 0 saturated heterocycles. The maximum Gasteiger partial charge on any atom is 0.414 e. The van der Waals surface area contributed by atoms with Gasteiger partial charge < -0.3 is 14.4 Å². The number of hydrogen-bond acceptors (Lipinski definition) is 4. The van der Waals surface area contributed by atoms with Crippen LogP contribution >= 0.6 is 0 Å². The Labute approximate surface area is 146 Å². The van der Waals surface area contributed by atoms with Gasteiger partial charge in [-0.05, 0) is 38.1 Å². The fourth-order valence-electron chi connectivity index (χ4n) is 2.21. The van der Waals surface area contributed by atoms with Gasteiger partial charge in [0.2, 0.25) is 0 Å². The highest BCUT2D eigenvalue weighted by molar-refractivity contribution is 5.70. The Morgan fingerprint density at radius 3 is 2.21 bits per heavy atom. The van der Waals surface area contributed by atoms with Gasteiger partial charge in [-0.15, -0.1) is 0 Å². The van der Waals surface area contributed by atoms with Gasteiger partial charge in [0, 0.05) is 26.7 Å². The molecule has 0 unspecified atom stereocenters. The van der Waals surface area contributed by atoms with Gasteiger partial charge in [0.1, 0.15) is 18.1 Å². The molecule has 0 saturated carbocycles. The van der Waals surface area contributed by atoms with Gasteiger partial charge >= 0.3 is 6.09 Å². The van der Waals surface area contributed by atoms with Crippen LogP contribution in [-0.4, -0.2) is 56.2 Å². The van der Waals surface area contributed by atoms with Crippen LogP contribution in [0.25, 0.3) is 0 Å². The minimum atomic E-state index is -0.391. The zero-order chi connectivity index (χ0) is 17.8. The minimum absolute atomic E-state index is 0.391. The quantitative estimate of drug-likeness (QED) is 0.612. The van der Waals surface area contributed by atoms with Crippen molar-refractivity contribution in [3.8, 4) is 11.5 Å². The number of rotatable bonds is 11. The molecule has 0 heterocycles. The molecule has 0 atom stereocenters. The van der Waals surface area contributed by atoms with Crippen molar-refractivity contribution < 1.29 is 14.3 Å². The zero-order valence-corrected chi connectivity index (χ0v) is 15.6. The number of benzene rings is 1. The number of nitrogens with zero attached hydrogens (tertiary/aromatic N) is 2. The minimum Gasteiger partial charge on any atom is -0.492 e. The summed E-state index contributed by atoms with van der Waals surface area (Å²) in [7, 11) is 3.31. The summed E-state index contributed by atoms with van der Waals surface area (Å²) >= 11 is 0. The number of unbranched alkanes of at least 4 members (excludes halogenated alkanes) is 2. The van der Waals surface area contributed by atoms with E-state index in [0.717, 1.165) is 25.4 Å². The standard InChI is InChI=1S/C19H32N2O3/c1-5-7-12-21(13-8-6-2)14-15-23-17-10-9-11-18(16-17)24-19(22)20(3)4/h9-11,16H,5-8,12-15H2,1-4H3. The molecule has 5 heteroatoms. The Bertz CT molecular complexity index is 469. The summed E-state index contributed by atoms with van der Waals surface area (Å²) in [6.07, 6.45) is 4.47. The van der Waals surface area contributed by atoms with Gasteiger partial charge in [-0.2, -0.15) is 0 Å². The predicted octanol–water partition coefficient (Wildman–Crippen LogP) is 4.03. The number of ether oxygens (including phenoxy) is 2. The molecule has 1 amide bonds. The smallest absolute Gasteiger partial charge is 0.414 e. The first kappa shape index (κ1) is 20.3. The summed E-state index contributed by atoms with van der Waals surface area (Å²) in [4.78, 5) is 15.4. The molecule has 0 aliphatic rings. The molecule has 0 bridgehead atoms. The molecule has 1 aromatic carbocycles. The van der Waals surface area contributed by atoms with Crippen LogP contribution in [0.1, 0.15) is 39.5 Å². The number of hydrogen-bond donors (Lipinski definition) is 0. The molecule has 1 aromatic rings. The van der Waals surface area contributed by atoms with E-state index < -0.39 is 6.09 Å². The van der Waals surface area contributed by atoms with Crippen molar-refractivity contribution in [2.45, 2.75) is 39.5 Å². The molecule has 0 N–H and O–H groups in total. The number of amides is 1. The van der Waals surface area contributed by atoms with E-state index in [0.29, 0.717) is 12.4 Å². The van der Waals surface area contributed by atoms with Crippen molar-refractivity contribution in [2.75, 3.05) is 40.3 Å². The second-order valence-electron chi connectivity index (χ2n) is 6.13. The van der Waals surface area contributed by atoms with Crippen LogP contribution in [0.2, 0.25) is 0 Å². The van der Waals surface area contributed by atoms with E-state index in [9.17, 15) is 4.79 Å². The fourth-order valence-corrected chi connectivity index (χ4v) is 2.21. The van der Waals surface area contributed by atoms with E-state index in [1.807, 2.05) is 12.1 Å². The zero-order valence-electron chi connectivity index (χ0n) is 15.6. The molecule has 1 rings (SSSR count). The van der Waals surface area contributed by atoms with Crippen molar-refractivity contribution in [3.63, 3.8) is 0 Å². The van der Waals surface area contributed by atoms with Gasteiger partial charge in [-0.3, -0.25) is 4.90 Å². The molecule has 136 valence electrons. The Morgan fingerprint density at radius 2 is 1.62 bits per heavy atom. The first-order chi connectivity index (χ1) is 11.6. The lowest BCUT2D eigenvalue weighted by Gasteiger charge is -2.22. The highest BCUT2D eigenvalue weighted by Crippen LogP contribution is 2.20. The molecule has 0 aliphatic carbocycles. The molecule has 5 nitrogen and oxygen atoms in total. The van der Waals surface area contributed by atoms with E-state index in [4.69, 9.17) is 9.47 Å². The second-order valence-corrected chi connectivity index (χ2v) is 6.13. The van der Waals surface area contributed by atoms with Gasteiger partial charge in [-0.25, -0.2) is 4.79 Å². The van der Waals surface area contributed by atoms with E-state index in [2.05, 4.69) is 18.7 Å². The lowest BCUT2D eigenvalue weighted by Crippen LogP contribution is -2.30. The average Bonchev–Trinajstić information content (AvgIpc) is 2.57. The number of carbonyl (C=O) groups is 1. The van der Waals surface area contributed by atoms with E-state index in [1.54, 1.807) is 26.2 Å². The first-order valence-electron chi connectivity index (χ1n) is 8.91. The Hall–Kier alpha value is -1.75. The highest BCUT2D eigenvalue weighted by Gasteiger charge is 2.08. The molecule has 0 aromatic heterocycles. The third kappa shape index (κ3) is 8.20. The Balaban J connectivity index is 2.46. The third-order valence-corrected chi connectivity index (χ3v) is 3.71. The largest absolute Gasteiger partial charge is 0.492 e. The molecule has 0 radical (unpaired) electrons. The van der Waals surface area contributed by atoms with Crippen LogP contribution in [-0.2, 0) is 0 Å². The summed E-state index contributed by atoms with van der Waals surface area (Å²) < 4.78 is 11.1. The van der Waals surface area contributed by atoms with Gasteiger partial charge in [-0.1, -0.05) is 32.8 Å². The van der Waals surface area contributed by atoms with Crippen molar-refractivity contribution in [3.05, 3.63) is 24.3 Å². The van der Waals surface area contributed by atoms with Crippen LogP contribution in [0.3, 0.4) is 0 Å². The Morgan fingerprint density at radius 1 is 1.00 bits per heavy atom. The summed E-state index contributed by atoms with van der Waals surface area (Å²) in [5.74, 6) is 1.23. The molecular weight excluding hydrogens is 304 g/mol. The second kappa shape index (κ2) is 11.7. The lowest BCUT2D eigenvalue weighted by atomic mass is 10.2. The maximum atomic E-state index is 11.6. The normalized spacial score (nSPS) is 10.7. The van der Waals surface area contributed by atoms with Crippen LogP contribution in [0.15, 0.2) is 24.3 Å². The lowest BCUT2D eigenvalue weighted by molar-refractivity contribution is 0.171. The maximum absolute atomic E-state index is 11.6. The third-order valence-electron chi connectivity index (χ3n) is 3.71. The van der Waals surface area contributed by atoms with Crippen molar-refractivity contribution >= 4 is 6.09 Å². The fraction of sp³-hybridized carbons (Fsp3) is 0.632. The van der Waals surface area contributed by atoms with Crippen molar-refractivity contribution in [2.24, 2.45) is 0 Å². The average molecular weight is 336 g/mol. The van der Waals surface area contributed by atoms with Crippen LogP contribution in [0.4, 0.5) is 4.79 Å². The monoisotopic (exact) mass is 336 g/mol. The summed E-state index contributed by atoms with van der Waals surface area (Å²) in [6.45, 7) is 8.24. The SMILES string of the molecule is CCCCN(CCCC)CCOc1cccc(OC(=O)N(C)C)c1. The van der Waals surface area contributed by atoms with E-state index in [1.165, 1.54) is 30.6 Å². The summed E-state index contributed by atoms with van der Waals surface area (Å²) in [5.41, 5.74) is 0. The summed E-state index contributed by atoms with van der Waals surface area (Å²) in [6, 6.07) is 7.22. The van der Waals surface area contributed by atoms with E-state index in [-0.39, 0.29) is 0 Å². The molecule has 0 fully saturated rings. The van der Waals surface area contributed by atoms with Gasteiger partial charge in [0.05, 0.1) is 0 Å². The molecule has 0 spiro atoms. The van der Waals surface area contributed by atoms with Crippen LogP contribution in [0, 0.1) is 0 Å². The Kier molecular flexibility index (Phi) is 9.92. The van der Waals surface area contributed by atoms with E-state index >= 15 is 0 Å². The van der Waals surface area contributed by atoms with Crippen LogP contribution < -0.4 is 9.47 Å². The van der Waals surface area contributed by atoms with Gasteiger partial charge in [0.15, 0.2) is 0 Å². The van der Waals surface area contributed by atoms with Crippen molar-refractivity contribution in [1.82, 2.24) is 9.80 Å². The topological polar surface area (TPSA) is 42.0 Å². The summed E-state index contributed by atoms with van der Waals surface area (Å²) in [5, 5.41) is 0. The molecular formula is C19H32N2O3. The van der Waals surface area contributed by atoms with Crippen molar-refractivity contribution in [1.29, 1.82) is 0 Å². The first-order valence-corrected chi connectivity index (χ1v) is 8.91. The highest BCUT2D eigenvalue weighted by atomic mass is 16.6. The van der Waals surface area contributed by atoms with Crippen LogP contribution in [0.5, 0.6) is 11.5 Å². The molecule has 0 aliphatic heterocycles. The number of carbonyl (C=O) groups excluding carboxylic acids is 1. The van der Waals surface area contributed by atoms with Gasteiger partial charge in [0.25, 0.3) is 0 Å². The predicted molar refractivity (Wildman–Crippen MR) is 97.9 cm³/mol.